The minimum Gasteiger partial charge on any atom is -0.381 e. The number of benzene rings is 2. The number of rotatable bonds is 10. The summed E-state index contributed by atoms with van der Waals surface area (Å²) in [6, 6.07) is 7.61. The van der Waals surface area contributed by atoms with E-state index < -0.39 is 82.8 Å². The van der Waals surface area contributed by atoms with Gasteiger partial charge >= 0.3 is 0 Å². The first kappa shape index (κ1) is 41.7. The smallest absolute Gasteiger partial charge is 0.293 e. The molecule has 0 saturated heterocycles. The van der Waals surface area contributed by atoms with Gasteiger partial charge in [-0.25, -0.2) is 22.5 Å². The van der Waals surface area contributed by atoms with E-state index in [1.54, 1.807) is 19.2 Å². The molecule has 18 heteroatoms. The number of fused-ring (bicyclic) bond motifs is 4. The normalized spacial score (nSPS) is 17.5. The summed E-state index contributed by atoms with van der Waals surface area (Å²) in [5.41, 5.74) is -3.87. The molecular formula is C41H38ClF6N7O4. The van der Waals surface area contributed by atoms with Gasteiger partial charge in [0.15, 0.2) is 5.82 Å². The summed E-state index contributed by atoms with van der Waals surface area (Å²) in [5.74, 6) is -3.70. The van der Waals surface area contributed by atoms with Crippen LogP contribution in [0.1, 0.15) is 92.8 Å². The predicted octanol–water partition coefficient (Wildman–Crippen LogP) is 7.23. The van der Waals surface area contributed by atoms with Gasteiger partial charge in [0.05, 0.1) is 27.7 Å². The molecule has 0 spiro atoms. The Morgan fingerprint density at radius 1 is 1.00 bits per heavy atom. The Bertz CT molecular complexity index is 2560. The van der Waals surface area contributed by atoms with E-state index in [2.05, 4.69) is 32.7 Å². The third kappa shape index (κ3) is 8.00. The number of nitrogens with zero attached hydrogens (tertiary/aromatic N) is 5. The van der Waals surface area contributed by atoms with Gasteiger partial charge in [-0.2, -0.15) is 19.0 Å². The second-order valence-corrected chi connectivity index (χ2v) is 16.3. The van der Waals surface area contributed by atoms with Crippen molar-refractivity contribution in [2.75, 3.05) is 5.32 Å². The lowest BCUT2D eigenvalue weighted by molar-refractivity contribution is -0.130. The number of amides is 2. The lowest BCUT2D eigenvalue weighted by Crippen LogP contribution is -2.36. The number of hydrogen-bond donors (Lipinski definition) is 4. The van der Waals surface area contributed by atoms with Crippen LogP contribution in [0.5, 0.6) is 0 Å². The Morgan fingerprint density at radius 2 is 1.68 bits per heavy atom. The number of carbonyl (C=O) groups excluding carboxylic acids is 2. The van der Waals surface area contributed by atoms with E-state index in [9.17, 15) is 37.4 Å². The minimum atomic E-state index is -3.52. The van der Waals surface area contributed by atoms with Gasteiger partial charge in [-0.3, -0.25) is 19.0 Å². The molecule has 2 aliphatic carbocycles. The molecule has 1 fully saturated rings. The molecular weight excluding hydrogens is 804 g/mol. The number of aryl methyl sites for hydroxylation is 1. The maximum atomic E-state index is 15.7. The number of hydrogen-bond acceptors (Lipinski definition) is 7. The lowest BCUT2D eigenvalue weighted by atomic mass is 9.73. The summed E-state index contributed by atoms with van der Waals surface area (Å²) in [6.45, 7) is 4.54. The van der Waals surface area contributed by atoms with Crippen molar-refractivity contribution in [2.24, 2.45) is 13.0 Å². The molecule has 3 aromatic heterocycles. The summed E-state index contributed by atoms with van der Waals surface area (Å²) in [7, 11) is 1.56. The Kier molecular flexibility index (Phi) is 10.6. The highest BCUT2D eigenvalue weighted by atomic mass is 35.5. The van der Waals surface area contributed by atoms with E-state index >= 15 is 8.78 Å². The zero-order valence-corrected chi connectivity index (χ0v) is 33.0. The third-order valence-electron chi connectivity index (χ3n) is 10.4. The van der Waals surface area contributed by atoms with Crippen LogP contribution < -0.4 is 10.6 Å². The lowest BCUT2D eigenvalue weighted by Gasteiger charge is -2.34. The number of pyridine rings is 1. The summed E-state index contributed by atoms with van der Waals surface area (Å²) in [6.07, 6.45) is -3.11. The molecule has 5 aromatic rings. The minimum absolute atomic E-state index is 0.00361. The summed E-state index contributed by atoms with van der Waals surface area (Å²) in [4.78, 5) is 31.6. The molecule has 2 aliphatic rings. The number of nitrogens with one attached hydrogen (secondary N) is 2. The van der Waals surface area contributed by atoms with Crippen LogP contribution in [0, 0.1) is 29.4 Å². The van der Waals surface area contributed by atoms with Crippen molar-refractivity contribution in [3.8, 4) is 23.0 Å². The SMILES string of the molecule is Cn1nc(NC(=O)C(C)(C)O)c2c(Cl)ccc(-c3ccc(C#CC(C)(C)O)nc3C(Cc3cc(F)cc(F)c3)NC(=O)Cn3nc(C(F)F)c4c3C(F)(F)C3CCC43)c21. The molecule has 3 heterocycles. The number of halogens is 7. The van der Waals surface area contributed by atoms with Crippen LogP contribution >= 0.6 is 11.6 Å². The Balaban J connectivity index is 1.38. The molecule has 310 valence electrons. The van der Waals surface area contributed by atoms with Crippen molar-refractivity contribution in [3.63, 3.8) is 0 Å². The first-order valence-corrected chi connectivity index (χ1v) is 18.9. The number of aliphatic hydroxyl groups is 2. The zero-order valence-electron chi connectivity index (χ0n) is 32.3. The first-order valence-electron chi connectivity index (χ1n) is 18.5. The van der Waals surface area contributed by atoms with Crippen molar-refractivity contribution < 1.29 is 46.1 Å². The second kappa shape index (κ2) is 15.0. The highest BCUT2D eigenvalue weighted by Gasteiger charge is 2.62. The zero-order chi connectivity index (χ0) is 42.9. The molecule has 0 radical (unpaired) electrons. The average molecular weight is 842 g/mol. The topological polar surface area (TPSA) is 147 Å². The third-order valence-corrected chi connectivity index (χ3v) is 10.7. The van der Waals surface area contributed by atoms with Crippen LogP contribution in [0.4, 0.5) is 32.2 Å². The van der Waals surface area contributed by atoms with Crippen molar-refractivity contribution >= 4 is 40.1 Å². The molecule has 1 saturated carbocycles. The van der Waals surface area contributed by atoms with Crippen LogP contribution in [0.2, 0.25) is 5.02 Å². The molecule has 7 rings (SSSR count). The summed E-state index contributed by atoms with van der Waals surface area (Å²) >= 11 is 6.67. The van der Waals surface area contributed by atoms with E-state index in [1.807, 2.05) is 0 Å². The van der Waals surface area contributed by atoms with Crippen molar-refractivity contribution in [2.45, 2.75) is 89.0 Å². The molecule has 2 amide bonds. The quantitative estimate of drug-likeness (QED) is 0.0858. The van der Waals surface area contributed by atoms with Gasteiger partial charge in [0.2, 0.25) is 5.91 Å². The Labute approximate surface area is 338 Å². The summed E-state index contributed by atoms with van der Waals surface area (Å²) in [5, 5.41) is 34.6. The molecule has 11 nitrogen and oxygen atoms in total. The largest absolute Gasteiger partial charge is 0.381 e. The van der Waals surface area contributed by atoms with Gasteiger partial charge in [0.25, 0.3) is 18.3 Å². The van der Waals surface area contributed by atoms with Gasteiger partial charge in [-0.05, 0) is 94.7 Å². The van der Waals surface area contributed by atoms with E-state index in [0.717, 1.165) is 12.1 Å². The predicted molar refractivity (Wildman–Crippen MR) is 205 cm³/mol. The average Bonchev–Trinajstić information content (AvgIpc) is 3.68. The van der Waals surface area contributed by atoms with Crippen molar-refractivity contribution in [3.05, 3.63) is 93.0 Å². The van der Waals surface area contributed by atoms with Gasteiger partial charge < -0.3 is 20.8 Å². The van der Waals surface area contributed by atoms with E-state index in [4.69, 9.17) is 16.6 Å². The highest BCUT2D eigenvalue weighted by Crippen LogP contribution is 2.63. The van der Waals surface area contributed by atoms with Gasteiger partial charge in [0.1, 0.15) is 46.5 Å². The molecule has 3 atom stereocenters. The van der Waals surface area contributed by atoms with Crippen LogP contribution in [0.3, 0.4) is 0 Å². The first-order chi connectivity index (χ1) is 27.5. The number of carbonyl (C=O) groups is 2. The maximum absolute atomic E-state index is 15.7. The van der Waals surface area contributed by atoms with E-state index in [0.29, 0.717) is 21.8 Å². The van der Waals surface area contributed by atoms with E-state index in [-0.39, 0.29) is 63.6 Å². The Morgan fingerprint density at radius 3 is 2.29 bits per heavy atom. The van der Waals surface area contributed by atoms with Crippen molar-refractivity contribution in [1.82, 2.24) is 29.9 Å². The van der Waals surface area contributed by atoms with Crippen molar-refractivity contribution in [1.29, 1.82) is 0 Å². The molecule has 59 heavy (non-hydrogen) atoms. The molecule has 4 N–H and O–H groups in total. The van der Waals surface area contributed by atoms with Gasteiger partial charge in [-0.1, -0.05) is 23.6 Å². The van der Waals surface area contributed by atoms with Gasteiger partial charge in [-0.15, -0.1) is 0 Å². The fourth-order valence-corrected chi connectivity index (χ4v) is 7.94. The number of anilines is 1. The molecule has 0 aliphatic heterocycles. The van der Waals surface area contributed by atoms with Crippen LogP contribution in [0.25, 0.3) is 22.0 Å². The molecule has 2 aromatic carbocycles. The van der Waals surface area contributed by atoms with Crippen LogP contribution in [-0.2, 0) is 35.5 Å². The summed E-state index contributed by atoms with van der Waals surface area (Å²) < 4.78 is 90.9. The molecule has 3 unspecified atom stereocenters. The Hall–Kier alpha value is -5.44. The maximum Gasteiger partial charge on any atom is 0.293 e. The fraction of sp³-hybridized carbons (Fsp3) is 0.390. The standard InChI is InChI=1S/C41H38ClF6N7O4/c1-39(2,58)13-12-22-6-7-23(24-9-11-27(42)31-34(24)54(5)53-37(31)51-38(57)40(3,4)59)32(49-22)28(16-19-14-20(43)17-21(44)15-19)50-29(56)18-55-35-30(33(52-55)36(45)46)25-8-10-26(25)41(35,47)48/h6-7,9,11,14-15,17,25-26,28,36,58-59H,8,10,16,18H2,1-5H3,(H,50,56)(H,51,53,57). The van der Waals surface area contributed by atoms with Crippen LogP contribution in [0.15, 0.2) is 42.5 Å². The van der Waals surface area contributed by atoms with E-state index in [1.165, 1.54) is 44.5 Å². The van der Waals surface area contributed by atoms with Crippen LogP contribution in [-0.4, -0.2) is 57.8 Å². The highest BCUT2D eigenvalue weighted by molar-refractivity contribution is 6.37. The second-order valence-electron chi connectivity index (χ2n) is 15.9. The number of aromatic nitrogens is 5. The number of alkyl halides is 4. The monoisotopic (exact) mass is 841 g/mol. The molecule has 0 bridgehead atoms. The van der Waals surface area contributed by atoms with Gasteiger partial charge in [0, 0.05) is 35.7 Å². The fourth-order valence-electron chi connectivity index (χ4n) is 7.70.